The zero-order valence-electron chi connectivity index (χ0n) is 16.9. The van der Waals surface area contributed by atoms with Gasteiger partial charge in [-0.3, -0.25) is 14.4 Å². The van der Waals surface area contributed by atoms with Crippen LogP contribution in [0.25, 0.3) is 0 Å². The van der Waals surface area contributed by atoms with E-state index < -0.39 is 5.92 Å². The van der Waals surface area contributed by atoms with Gasteiger partial charge in [0.2, 0.25) is 24.5 Å². The molecular formula is C22H23N3O5. The summed E-state index contributed by atoms with van der Waals surface area (Å²) in [5, 5.41) is 2.86. The number of nitrogens with one attached hydrogen (secondary N) is 1. The Morgan fingerprint density at radius 1 is 1.10 bits per heavy atom. The van der Waals surface area contributed by atoms with E-state index in [1.54, 1.807) is 54.2 Å². The van der Waals surface area contributed by atoms with E-state index in [1.165, 1.54) is 0 Å². The molecule has 0 unspecified atom stereocenters. The van der Waals surface area contributed by atoms with Gasteiger partial charge in [0.05, 0.1) is 12.3 Å². The molecule has 4 rings (SSSR count). The molecule has 0 bridgehead atoms. The predicted octanol–water partition coefficient (Wildman–Crippen LogP) is 2.04. The summed E-state index contributed by atoms with van der Waals surface area (Å²) in [5.74, 6) is 0.504. The van der Waals surface area contributed by atoms with Gasteiger partial charge in [-0.1, -0.05) is 12.1 Å². The maximum absolute atomic E-state index is 12.7. The van der Waals surface area contributed by atoms with E-state index in [1.807, 2.05) is 12.1 Å². The highest BCUT2D eigenvalue weighted by Crippen LogP contribution is 2.37. The molecule has 1 N–H and O–H groups in total. The van der Waals surface area contributed by atoms with Gasteiger partial charge in [-0.15, -0.1) is 0 Å². The van der Waals surface area contributed by atoms with Crippen LogP contribution in [0.3, 0.4) is 0 Å². The highest BCUT2D eigenvalue weighted by Gasteiger charge is 2.35. The summed E-state index contributed by atoms with van der Waals surface area (Å²) in [5.41, 5.74) is 2.20. The number of hydrogen-bond acceptors (Lipinski definition) is 5. The van der Waals surface area contributed by atoms with Crippen molar-refractivity contribution in [1.29, 1.82) is 0 Å². The fourth-order valence-corrected chi connectivity index (χ4v) is 3.47. The third-order valence-corrected chi connectivity index (χ3v) is 5.24. The minimum Gasteiger partial charge on any atom is -0.454 e. The molecule has 2 aromatic rings. The third-order valence-electron chi connectivity index (χ3n) is 5.24. The number of likely N-dealkylation sites (N-methyl/N-ethyl adjacent to an activating group) is 1. The Hall–Kier alpha value is -3.55. The molecule has 2 aliphatic heterocycles. The quantitative estimate of drug-likeness (QED) is 0.817. The first-order valence-corrected chi connectivity index (χ1v) is 9.70. The van der Waals surface area contributed by atoms with Gasteiger partial charge >= 0.3 is 0 Å². The molecule has 0 radical (unpaired) electrons. The van der Waals surface area contributed by atoms with E-state index in [-0.39, 0.29) is 30.9 Å². The van der Waals surface area contributed by atoms with Crippen molar-refractivity contribution in [3.63, 3.8) is 0 Å². The molecule has 1 atom stereocenters. The number of fused-ring (bicyclic) bond motifs is 1. The van der Waals surface area contributed by atoms with Crippen LogP contribution in [0, 0.1) is 5.92 Å². The molecule has 1 fully saturated rings. The molecule has 1 saturated heterocycles. The number of benzene rings is 2. The molecule has 8 heteroatoms. The molecule has 2 aromatic carbocycles. The van der Waals surface area contributed by atoms with Crippen LogP contribution in [0.5, 0.6) is 11.5 Å². The Bertz CT molecular complexity index is 987. The molecule has 30 heavy (non-hydrogen) atoms. The van der Waals surface area contributed by atoms with Crippen molar-refractivity contribution in [2.45, 2.75) is 12.8 Å². The van der Waals surface area contributed by atoms with E-state index in [9.17, 15) is 14.4 Å². The van der Waals surface area contributed by atoms with Crippen LogP contribution in [-0.4, -0.2) is 50.1 Å². The lowest BCUT2D eigenvalue weighted by atomic mass is 10.1. The maximum atomic E-state index is 12.7. The molecule has 0 saturated carbocycles. The van der Waals surface area contributed by atoms with E-state index >= 15 is 0 Å². The van der Waals surface area contributed by atoms with Crippen molar-refractivity contribution in [3.8, 4) is 11.5 Å². The molecule has 2 aliphatic rings. The van der Waals surface area contributed by atoms with Gasteiger partial charge in [-0.25, -0.2) is 0 Å². The van der Waals surface area contributed by atoms with E-state index in [4.69, 9.17) is 9.47 Å². The lowest BCUT2D eigenvalue weighted by molar-refractivity contribution is -0.128. The lowest BCUT2D eigenvalue weighted by Gasteiger charge is -2.17. The Balaban J connectivity index is 1.37. The van der Waals surface area contributed by atoms with Crippen LogP contribution in [-0.2, 0) is 20.8 Å². The maximum Gasteiger partial charge on any atom is 0.231 e. The second-order valence-electron chi connectivity index (χ2n) is 7.59. The Morgan fingerprint density at radius 2 is 1.83 bits per heavy atom. The largest absolute Gasteiger partial charge is 0.454 e. The summed E-state index contributed by atoms with van der Waals surface area (Å²) < 4.78 is 10.7. The smallest absolute Gasteiger partial charge is 0.231 e. The standard InChI is InChI=1S/C22H23N3O5/c1-24(2)20(26)9-14-3-5-16(6-4-14)23-22(28)15-10-21(27)25(12-15)17-7-8-18-19(11-17)30-13-29-18/h3-8,11,15H,9-10,12-13H2,1-2H3,(H,23,28)/t15-/m1/s1. The van der Waals surface area contributed by atoms with Gasteiger partial charge in [-0.2, -0.15) is 0 Å². The molecule has 8 nitrogen and oxygen atoms in total. The van der Waals surface area contributed by atoms with E-state index in [2.05, 4.69) is 5.32 Å². The van der Waals surface area contributed by atoms with Crippen LogP contribution in [0.15, 0.2) is 42.5 Å². The van der Waals surface area contributed by atoms with Crippen molar-refractivity contribution < 1.29 is 23.9 Å². The second kappa shape index (κ2) is 8.06. The van der Waals surface area contributed by atoms with Gasteiger partial charge in [0.25, 0.3) is 0 Å². The zero-order chi connectivity index (χ0) is 21.3. The second-order valence-corrected chi connectivity index (χ2v) is 7.59. The van der Waals surface area contributed by atoms with Gasteiger partial charge in [0.15, 0.2) is 11.5 Å². The predicted molar refractivity (Wildman–Crippen MR) is 110 cm³/mol. The van der Waals surface area contributed by atoms with Gasteiger partial charge < -0.3 is 24.6 Å². The van der Waals surface area contributed by atoms with Crippen molar-refractivity contribution in [2.75, 3.05) is 37.6 Å². The van der Waals surface area contributed by atoms with Crippen LogP contribution >= 0.6 is 0 Å². The fraction of sp³-hybridized carbons (Fsp3) is 0.318. The third kappa shape index (κ3) is 4.07. The van der Waals surface area contributed by atoms with Crippen molar-refractivity contribution in [2.24, 2.45) is 5.92 Å². The van der Waals surface area contributed by atoms with Crippen LogP contribution in [0.4, 0.5) is 11.4 Å². The Morgan fingerprint density at radius 3 is 2.57 bits per heavy atom. The molecule has 0 aliphatic carbocycles. The first-order chi connectivity index (χ1) is 14.4. The highest BCUT2D eigenvalue weighted by atomic mass is 16.7. The van der Waals surface area contributed by atoms with Crippen molar-refractivity contribution >= 4 is 29.1 Å². The van der Waals surface area contributed by atoms with Crippen LogP contribution in [0.2, 0.25) is 0 Å². The molecule has 0 spiro atoms. The number of nitrogens with zero attached hydrogens (tertiary/aromatic N) is 2. The Labute approximate surface area is 174 Å². The number of carbonyl (C=O) groups is 3. The summed E-state index contributed by atoms with van der Waals surface area (Å²) in [6, 6.07) is 12.5. The molecule has 0 aromatic heterocycles. The summed E-state index contributed by atoms with van der Waals surface area (Å²) in [7, 11) is 3.43. The number of anilines is 2. The first-order valence-electron chi connectivity index (χ1n) is 9.70. The number of ether oxygens (including phenoxy) is 2. The minimum atomic E-state index is -0.446. The Kier molecular flexibility index (Phi) is 5.31. The normalized spacial score (nSPS) is 17.2. The summed E-state index contributed by atoms with van der Waals surface area (Å²) in [4.78, 5) is 40.1. The molecule has 2 heterocycles. The number of carbonyl (C=O) groups excluding carboxylic acids is 3. The molecule has 3 amide bonds. The van der Waals surface area contributed by atoms with E-state index in [0.717, 1.165) is 5.56 Å². The van der Waals surface area contributed by atoms with Gasteiger partial charge in [0, 0.05) is 44.5 Å². The van der Waals surface area contributed by atoms with Crippen LogP contribution in [0.1, 0.15) is 12.0 Å². The summed E-state index contributed by atoms with van der Waals surface area (Å²) in [6.07, 6.45) is 0.457. The van der Waals surface area contributed by atoms with Crippen molar-refractivity contribution in [3.05, 3.63) is 48.0 Å². The SMILES string of the molecule is CN(C)C(=O)Cc1ccc(NC(=O)[C@@H]2CC(=O)N(c3ccc4c(c3)OCO4)C2)cc1. The van der Waals surface area contributed by atoms with Crippen LogP contribution < -0.4 is 19.7 Å². The number of amides is 3. The average Bonchev–Trinajstić information content (AvgIpc) is 3.35. The number of hydrogen-bond donors (Lipinski definition) is 1. The number of rotatable bonds is 5. The van der Waals surface area contributed by atoms with Crippen molar-refractivity contribution in [1.82, 2.24) is 4.90 Å². The molecule has 156 valence electrons. The summed E-state index contributed by atoms with van der Waals surface area (Å²) >= 11 is 0. The average molecular weight is 409 g/mol. The summed E-state index contributed by atoms with van der Waals surface area (Å²) in [6.45, 7) is 0.472. The minimum absolute atomic E-state index is 0.0138. The highest BCUT2D eigenvalue weighted by molar-refractivity contribution is 6.03. The topological polar surface area (TPSA) is 88.2 Å². The van der Waals surface area contributed by atoms with Gasteiger partial charge in [-0.05, 0) is 29.8 Å². The lowest BCUT2D eigenvalue weighted by Crippen LogP contribution is -2.28. The first kappa shape index (κ1) is 19.8. The van der Waals surface area contributed by atoms with Gasteiger partial charge in [0.1, 0.15) is 0 Å². The zero-order valence-corrected chi connectivity index (χ0v) is 16.9. The fourth-order valence-electron chi connectivity index (χ4n) is 3.47. The monoisotopic (exact) mass is 409 g/mol. The van der Waals surface area contributed by atoms with E-state index in [0.29, 0.717) is 35.8 Å². The molecular weight excluding hydrogens is 386 g/mol.